The molecule has 3 heterocycles. The Balaban J connectivity index is 1.84. The van der Waals surface area contributed by atoms with Gasteiger partial charge < -0.3 is 19.8 Å². The number of carbonyl (C=O) groups excluding carboxylic acids is 1. The fraction of sp³-hybridized carbons (Fsp3) is 0.438. The second kappa shape index (κ2) is 6.48. The molecule has 2 atom stereocenters. The van der Waals surface area contributed by atoms with E-state index in [-0.39, 0.29) is 30.3 Å². The van der Waals surface area contributed by atoms with Crippen LogP contribution in [0.1, 0.15) is 13.8 Å². The van der Waals surface area contributed by atoms with Gasteiger partial charge in [0.2, 0.25) is 5.91 Å². The number of hydrogen-bond donors (Lipinski definition) is 1. The summed E-state index contributed by atoms with van der Waals surface area (Å²) in [6.45, 7) is 4.64. The van der Waals surface area contributed by atoms with Crippen LogP contribution in [0.5, 0.6) is 0 Å². The highest BCUT2D eigenvalue weighted by Gasteiger charge is 2.26. The number of nitrogens with zero attached hydrogens (tertiary/aromatic N) is 3. The number of aromatic nitrogens is 2. The molecule has 1 aliphatic heterocycles. The second-order valence-corrected chi connectivity index (χ2v) is 5.98. The fourth-order valence-electron chi connectivity index (χ4n) is 2.82. The van der Waals surface area contributed by atoms with Gasteiger partial charge in [0.15, 0.2) is 5.76 Å². The summed E-state index contributed by atoms with van der Waals surface area (Å²) in [5.41, 5.74) is 5.71. The maximum atomic E-state index is 12.5. The van der Waals surface area contributed by atoms with Crippen LogP contribution in [0.15, 0.2) is 33.7 Å². The summed E-state index contributed by atoms with van der Waals surface area (Å²) in [5.74, 6) is 0.291. The normalized spacial score (nSPS) is 21.0. The van der Waals surface area contributed by atoms with Gasteiger partial charge in [0.05, 0.1) is 18.5 Å². The molecule has 1 fully saturated rings. The summed E-state index contributed by atoms with van der Waals surface area (Å²) in [4.78, 5) is 26.4. The number of hydrogen-bond acceptors (Lipinski definition) is 6. The molecule has 3 rings (SSSR count). The molecule has 2 aromatic heterocycles. The third kappa shape index (κ3) is 3.33. The lowest BCUT2D eigenvalue weighted by Crippen LogP contribution is -2.49. The van der Waals surface area contributed by atoms with Gasteiger partial charge >= 0.3 is 0 Å². The molecule has 128 valence electrons. The number of carbonyl (C=O) groups is 1. The summed E-state index contributed by atoms with van der Waals surface area (Å²) < 4.78 is 12.0. The number of nitrogen functional groups attached to an aromatic ring is 1. The van der Waals surface area contributed by atoms with Gasteiger partial charge in [-0.25, -0.2) is 4.68 Å². The first-order valence-electron chi connectivity index (χ1n) is 7.79. The van der Waals surface area contributed by atoms with E-state index in [1.54, 1.807) is 17.0 Å². The van der Waals surface area contributed by atoms with Crippen molar-refractivity contribution in [3.05, 3.63) is 34.8 Å². The van der Waals surface area contributed by atoms with E-state index >= 15 is 0 Å². The molecule has 0 unspecified atom stereocenters. The molecular formula is C16H20N4O4. The van der Waals surface area contributed by atoms with Crippen LogP contribution in [0.25, 0.3) is 11.5 Å². The highest BCUT2D eigenvalue weighted by Crippen LogP contribution is 2.17. The zero-order chi connectivity index (χ0) is 17.3. The van der Waals surface area contributed by atoms with Crippen LogP contribution >= 0.6 is 0 Å². The second-order valence-electron chi connectivity index (χ2n) is 5.98. The van der Waals surface area contributed by atoms with Gasteiger partial charge in [-0.15, -0.1) is 0 Å². The molecule has 1 saturated heterocycles. The van der Waals surface area contributed by atoms with E-state index in [2.05, 4.69) is 5.10 Å². The average molecular weight is 332 g/mol. The van der Waals surface area contributed by atoms with Crippen molar-refractivity contribution in [3.8, 4) is 11.5 Å². The number of amides is 1. The van der Waals surface area contributed by atoms with Crippen molar-refractivity contribution >= 4 is 11.6 Å². The van der Waals surface area contributed by atoms with Crippen molar-refractivity contribution in [3.63, 3.8) is 0 Å². The Morgan fingerprint density at radius 1 is 1.38 bits per heavy atom. The predicted molar refractivity (Wildman–Crippen MR) is 87.2 cm³/mol. The third-order valence-electron chi connectivity index (χ3n) is 3.83. The Bertz CT molecular complexity index is 774. The van der Waals surface area contributed by atoms with E-state index in [9.17, 15) is 9.59 Å². The molecule has 1 amide bonds. The Morgan fingerprint density at radius 3 is 2.71 bits per heavy atom. The third-order valence-corrected chi connectivity index (χ3v) is 3.83. The van der Waals surface area contributed by atoms with Crippen molar-refractivity contribution in [1.29, 1.82) is 0 Å². The standard InChI is InChI=1S/C16H20N4O4/c1-10-7-19(8-11(2)24-10)15(21)9-20-16(22)12(17)6-13(18-20)14-4-3-5-23-14/h3-6,10-11H,7-9,17H2,1-2H3/t10-,11-/m1/s1. The van der Waals surface area contributed by atoms with Crippen LogP contribution in [-0.2, 0) is 16.1 Å². The van der Waals surface area contributed by atoms with Gasteiger partial charge in [-0.05, 0) is 32.0 Å². The summed E-state index contributed by atoms with van der Waals surface area (Å²) >= 11 is 0. The molecule has 2 aromatic rings. The van der Waals surface area contributed by atoms with Gasteiger partial charge in [-0.1, -0.05) is 0 Å². The zero-order valence-electron chi connectivity index (χ0n) is 13.6. The molecule has 8 nitrogen and oxygen atoms in total. The van der Waals surface area contributed by atoms with Crippen LogP contribution in [0.4, 0.5) is 5.69 Å². The lowest BCUT2D eigenvalue weighted by Gasteiger charge is -2.35. The monoisotopic (exact) mass is 332 g/mol. The molecule has 0 aliphatic carbocycles. The minimum Gasteiger partial charge on any atom is -0.463 e. The highest BCUT2D eigenvalue weighted by atomic mass is 16.5. The maximum Gasteiger partial charge on any atom is 0.290 e. The Morgan fingerprint density at radius 2 is 2.08 bits per heavy atom. The van der Waals surface area contributed by atoms with Crippen LogP contribution in [0.3, 0.4) is 0 Å². The van der Waals surface area contributed by atoms with Crippen molar-refractivity contribution in [2.24, 2.45) is 0 Å². The minimum atomic E-state index is -0.493. The fourth-order valence-corrected chi connectivity index (χ4v) is 2.82. The summed E-state index contributed by atoms with van der Waals surface area (Å²) in [6, 6.07) is 4.87. The predicted octanol–water partition coefficient (Wildman–Crippen LogP) is 0.721. The number of anilines is 1. The van der Waals surface area contributed by atoms with Crippen molar-refractivity contribution in [2.45, 2.75) is 32.6 Å². The van der Waals surface area contributed by atoms with Crippen molar-refractivity contribution in [2.75, 3.05) is 18.8 Å². The molecule has 0 bridgehead atoms. The van der Waals surface area contributed by atoms with E-state index in [0.717, 1.165) is 4.68 Å². The zero-order valence-corrected chi connectivity index (χ0v) is 13.6. The Hall–Kier alpha value is -2.61. The molecule has 24 heavy (non-hydrogen) atoms. The molecule has 1 aliphatic rings. The lowest BCUT2D eigenvalue weighted by molar-refractivity contribution is -0.144. The minimum absolute atomic E-state index is 0.0212. The van der Waals surface area contributed by atoms with Crippen molar-refractivity contribution in [1.82, 2.24) is 14.7 Å². The number of rotatable bonds is 3. The quantitative estimate of drug-likeness (QED) is 0.888. The summed E-state index contributed by atoms with van der Waals surface area (Å²) in [7, 11) is 0. The van der Waals surface area contributed by atoms with Gasteiger partial charge in [0, 0.05) is 13.1 Å². The van der Waals surface area contributed by atoms with Crippen molar-refractivity contribution < 1.29 is 13.9 Å². The molecule has 8 heteroatoms. The van der Waals surface area contributed by atoms with Crippen LogP contribution in [-0.4, -0.2) is 45.9 Å². The maximum absolute atomic E-state index is 12.5. The highest BCUT2D eigenvalue weighted by molar-refractivity contribution is 5.76. The van der Waals surface area contributed by atoms with Crippen LogP contribution < -0.4 is 11.3 Å². The van der Waals surface area contributed by atoms with Gasteiger partial charge in [0.1, 0.15) is 17.9 Å². The number of ether oxygens (including phenoxy) is 1. The SMILES string of the molecule is C[C@@H]1CN(C(=O)Cn2nc(-c3ccco3)cc(N)c2=O)C[C@@H](C)O1. The van der Waals surface area contributed by atoms with Crippen LogP contribution in [0.2, 0.25) is 0 Å². The first-order chi connectivity index (χ1) is 11.4. The van der Waals surface area contributed by atoms with Gasteiger partial charge in [-0.3, -0.25) is 9.59 Å². The lowest BCUT2D eigenvalue weighted by atomic mass is 10.2. The molecule has 0 spiro atoms. The van der Waals surface area contributed by atoms with E-state index in [1.807, 2.05) is 13.8 Å². The van der Waals surface area contributed by atoms with E-state index in [0.29, 0.717) is 24.5 Å². The number of morpholine rings is 1. The van der Waals surface area contributed by atoms with Crippen LogP contribution in [0, 0.1) is 0 Å². The molecular weight excluding hydrogens is 312 g/mol. The smallest absolute Gasteiger partial charge is 0.290 e. The number of furan rings is 1. The van der Waals surface area contributed by atoms with E-state index < -0.39 is 5.56 Å². The largest absolute Gasteiger partial charge is 0.463 e. The molecule has 0 saturated carbocycles. The van der Waals surface area contributed by atoms with E-state index in [4.69, 9.17) is 14.9 Å². The first kappa shape index (κ1) is 16.3. The number of nitrogens with two attached hydrogens (primary N) is 1. The summed E-state index contributed by atoms with van der Waals surface area (Å²) in [6.07, 6.45) is 1.42. The van der Waals surface area contributed by atoms with E-state index in [1.165, 1.54) is 12.3 Å². The molecule has 0 radical (unpaired) electrons. The average Bonchev–Trinajstić information content (AvgIpc) is 3.05. The Kier molecular flexibility index (Phi) is 4.39. The first-order valence-corrected chi connectivity index (χ1v) is 7.79. The molecule has 2 N–H and O–H groups in total. The Labute approximate surface area is 138 Å². The van der Waals surface area contributed by atoms with Gasteiger partial charge in [-0.2, -0.15) is 5.10 Å². The topological polar surface area (TPSA) is 104 Å². The van der Waals surface area contributed by atoms with Gasteiger partial charge in [0.25, 0.3) is 5.56 Å². The molecule has 0 aromatic carbocycles. The summed E-state index contributed by atoms with van der Waals surface area (Å²) in [5, 5.41) is 4.20.